The topological polar surface area (TPSA) is 64.9 Å². The molecule has 1 aromatic carbocycles. The van der Waals surface area contributed by atoms with E-state index in [4.69, 9.17) is 10.2 Å². The molecule has 0 fully saturated rings. The number of para-hydroxylation sites is 2. The fourth-order valence-electron chi connectivity index (χ4n) is 1.70. The van der Waals surface area contributed by atoms with Gasteiger partial charge in [0.1, 0.15) is 5.52 Å². The third-order valence-electron chi connectivity index (χ3n) is 2.55. The van der Waals surface area contributed by atoms with E-state index >= 15 is 0 Å². The van der Waals surface area contributed by atoms with Gasteiger partial charge in [0, 0.05) is 23.5 Å². The van der Waals surface area contributed by atoms with Gasteiger partial charge >= 0.3 is 0 Å². The third-order valence-corrected chi connectivity index (χ3v) is 3.46. The molecule has 0 saturated heterocycles. The van der Waals surface area contributed by atoms with Crippen molar-refractivity contribution in [3.63, 3.8) is 0 Å². The highest BCUT2D eigenvalue weighted by Gasteiger charge is 2.13. The summed E-state index contributed by atoms with van der Waals surface area (Å²) in [7, 11) is 0. The van der Waals surface area contributed by atoms with Gasteiger partial charge in [-0.25, -0.2) is 4.98 Å². The normalized spacial score (nSPS) is 13.0. The molecule has 0 amide bonds. The molecule has 0 spiro atoms. The highest BCUT2D eigenvalue weighted by molar-refractivity contribution is 7.09. The Morgan fingerprint density at radius 1 is 1.35 bits per heavy atom. The van der Waals surface area contributed by atoms with Gasteiger partial charge < -0.3 is 10.2 Å². The lowest BCUT2D eigenvalue weighted by Gasteiger charge is -2.04. The summed E-state index contributed by atoms with van der Waals surface area (Å²) in [4.78, 5) is 9.46. The van der Waals surface area contributed by atoms with Gasteiger partial charge in [0.15, 0.2) is 11.5 Å². The van der Waals surface area contributed by atoms with Gasteiger partial charge in [-0.3, -0.25) is 4.98 Å². The number of rotatable bonds is 3. The van der Waals surface area contributed by atoms with E-state index in [2.05, 4.69) is 9.97 Å². The maximum atomic E-state index is 6.06. The number of aromatic nitrogens is 2. The number of hydrogen-bond donors (Lipinski definition) is 1. The predicted molar refractivity (Wildman–Crippen MR) is 66.8 cm³/mol. The number of benzene rings is 1. The second-order valence-electron chi connectivity index (χ2n) is 3.79. The summed E-state index contributed by atoms with van der Waals surface area (Å²) < 4.78 is 5.63. The van der Waals surface area contributed by atoms with Crippen molar-refractivity contribution in [1.29, 1.82) is 0 Å². The number of nitrogens with two attached hydrogens (primary N) is 1. The van der Waals surface area contributed by atoms with Crippen molar-refractivity contribution in [3.05, 3.63) is 46.7 Å². The Balaban J connectivity index is 1.85. The molecule has 86 valence electrons. The summed E-state index contributed by atoms with van der Waals surface area (Å²) in [6.07, 6.45) is 2.38. The zero-order chi connectivity index (χ0) is 11.7. The van der Waals surface area contributed by atoms with Crippen molar-refractivity contribution < 1.29 is 4.42 Å². The summed E-state index contributed by atoms with van der Waals surface area (Å²) in [5, 5.41) is 0. The Morgan fingerprint density at radius 2 is 2.24 bits per heavy atom. The van der Waals surface area contributed by atoms with E-state index in [0.717, 1.165) is 16.0 Å². The van der Waals surface area contributed by atoms with Crippen LogP contribution in [0.2, 0.25) is 0 Å². The smallest absolute Gasteiger partial charge is 0.197 e. The minimum Gasteiger partial charge on any atom is -0.441 e. The molecule has 0 radical (unpaired) electrons. The molecular weight excluding hydrogens is 234 g/mol. The molecule has 4 nitrogen and oxygen atoms in total. The van der Waals surface area contributed by atoms with Crippen molar-refractivity contribution in [3.8, 4) is 0 Å². The summed E-state index contributed by atoms with van der Waals surface area (Å²) >= 11 is 1.55. The molecule has 0 aliphatic heterocycles. The third kappa shape index (κ3) is 2.07. The van der Waals surface area contributed by atoms with Gasteiger partial charge in [-0.2, -0.15) is 0 Å². The summed E-state index contributed by atoms with van der Waals surface area (Å²) in [5.41, 5.74) is 9.52. The van der Waals surface area contributed by atoms with Gasteiger partial charge in [-0.15, -0.1) is 11.3 Å². The maximum Gasteiger partial charge on any atom is 0.197 e. The van der Waals surface area contributed by atoms with Crippen molar-refractivity contribution in [2.24, 2.45) is 5.73 Å². The average Bonchev–Trinajstić information content (AvgIpc) is 2.97. The molecule has 17 heavy (non-hydrogen) atoms. The van der Waals surface area contributed by atoms with Crippen molar-refractivity contribution in [2.75, 3.05) is 0 Å². The first-order valence-corrected chi connectivity index (χ1v) is 6.19. The van der Waals surface area contributed by atoms with Crippen molar-refractivity contribution in [1.82, 2.24) is 9.97 Å². The van der Waals surface area contributed by atoms with E-state index in [1.54, 1.807) is 23.0 Å². The molecule has 3 aromatic rings. The standard InChI is InChI=1S/C12H11N3OS/c13-8(11-6-14-7-17-11)5-12-15-9-3-1-2-4-10(9)16-12/h1-4,6-8H,5,13H2. The lowest BCUT2D eigenvalue weighted by atomic mass is 10.2. The van der Waals surface area contributed by atoms with Crippen LogP contribution in [0.25, 0.3) is 11.1 Å². The largest absolute Gasteiger partial charge is 0.441 e. The lowest BCUT2D eigenvalue weighted by molar-refractivity contribution is 0.504. The minimum absolute atomic E-state index is 0.101. The molecule has 0 aliphatic rings. The number of oxazole rings is 1. The Bertz CT molecular complexity index is 585. The Kier molecular flexibility index (Phi) is 2.62. The Labute approximate surface area is 102 Å². The van der Waals surface area contributed by atoms with E-state index < -0.39 is 0 Å². The molecule has 2 heterocycles. The van der Waals surface area contributed by atoms with E-state index in [1.165, 1.54) is 0 Å². The first-order valence-electron chi connectivity index (χ1n) is 5.31. The van der Waals surface area contributed by atoms with E-state index in [9.17, 15) is 0 Å². The molecule has 2 aromatic heterocycles. The molecule has 2 N–H and O–H groups in total. The van der Waals surface area contributed by atoms with Crippen LogP contribution in [0.1, 0.15) is 16.8 Å². The van der Waals surface area contributed by atoms with Gasteiger partial charge in [-0.1, -0.05) is 12.1 Å². The molecule has 0 saturated carbocycles. The molecule has 0 aliphatic carbocycles. The molecule has 1 unspecified atom stereocenters. The number of thiazole rings is 1. The van der Waals surface area contributed by atoms with Crippen LogP contribution in [0.3, 0.4) is 0 Å². The molecule has 3 rings (SSSR count). The van der Waals surface area contributed by atoms with Crippen LogP contribution in [0.5, 0.6) is 0 Å². The van der Waals surface area contributed by atoms with Crippen LogP contribution in [0, 0.1) is 0 Å². The van der Waals surface area contributed by atoms with E-state index in [-0.39, 0.29) is 6.04 Å². The van der Waals surface area contributed by atoms with Crippen LogP contribution < -0.4 is 5.73 Å². The lowest BCUT2D eigenvalue weighted by Crippen LogP contribution is -2.11. The zero-order valence-electron chi connectivity index (χ0n) is 9.04. The second kappa shape index (κ2) is 4.27. The SMILES string of the molecule is NC(Cc1nc2ccccc2o1)c1cncs1. The molecule has 5 heteroatoms. The van der Waals surface area contributed by atoms with E-state index in [0.29, 0.717) is 12.3 Å². The fraction of sp³-hybridized carbons (Fsp3) is 0.167. The fourth-order valence-corrected chi connectivity index (χ4v) is 2.33. The zero-order valence-corrected chi connectivity index (χ0v) is 9.85. The number of nitrogens with zero attached hydrogens (tertiary/aromatic N) is 2. The van der Waals surface area contributed by atoms with Crippen molar-refractivity contribution >= 4 is 22.4 Å². The van der Waals surface area contributed by atoms with Crippen LogP contribution >= 0.6 is 11.3 Å². The van der Waals surface area contributed by atoms with Crippen LogP contribution in [0.15, 0.2) is 40.4 Å². The summed E-state index contributed by atoms with van der Waals surface area (Å²) in [6.45, 7) is 0. The first kappa shape index (κ1) is 10.4. The number of fused-ring (bicyclic) bond motifs is 1. The van der Waals surface area contributed by atoms with Crippen LogP contribution in [0.4, 0.5) is 0 Å². The maximum absolute atomic E-state index is 6.06. The molecule has 0 bridgehead atoms. The highest BCUT2D eigenvalue weighted by atomic mass is 32.1. The summed E-state index contributed by atoms with van der Waals surface area (Å²) in [5.74, 6) is 0.673. The van der Waals surface area contributed by atoms with Gasteiger partial charge in [0.25, 0.3) is 0 Å². The van der Waals surface area contributed by atoms with Gasteiger partial charge in [0.05, 0.1) is 5.51 Å². The van der Waals surface area contributed by atoms with E-state index in [1.807, 2.05) is 24.3 Å². The Morgan fingerprint density at radius 3 is 3.00 bits per heavy atom. The number of hydrogen-bond acceptors (Lipinski definition) is 5. The van der Waals surface area contributed by atoms with Crippen LogP contribution in [-0.4, -0.2) is 9.97 Å². The first-order chi connectivity index (χ1) is 8.33. The minimum atomic E-state index is -0.101. The van der Waals surface area contributed by atoms with Gasteiger partial charge in [0.2, 0.25) is 0 Å². The Hall–Kier alpha value is -1.72. The molecular formula is C12H11N3OS. The second-order valence-corrected chi connectivity index (χ2v) is 4.71. The summed E-state index contributed by atoms with van der Waals surface area (Å²) in [6, 6.07) is 7.61. The monoisotopic (exact) mass is 245 g/mol. The average molecular weight is 245 g/mol. The quantitative estimate of drug-likeness (QED) is 0.770. The van der Waals surface area contributed by atoms with Gasteiger partial charge in [-0.05, 0) is 12.1 Å². The molecule has 1 atom stereocenters. The predicted octanol–water partition coefficient (Wildman–Crippen LogP) is 2.53. The van der Waals surface area contributed by atoms with Crippen LogP contribution in [-0.2, 0) is 6.42 Å². The highest BCUT2D eigenvalue weighted by Crippen LogP contribution is 2.21. The van der Waals surface area contributed by atoms with Crippen molar-refractivity contribution in [2.45, 2.75) is 12.5 Å².